The first-order valence-electron chi connectivity index (χ1n) is 7.61. The monoisotopic (exact) mass is 289 g/mol. The number of unbranched alkanes of at least 4 members (excludes halogenated alkanes) is 2. The van der Waals surface area contributed by atoms with Gasteiger partial charge in [0.15, 0.2) is 0 Å². The van der Waals surface area contributed by atoms with E-state index in [4.69, 9.17) is 4.74 Å². The number of imide groups is 1. The highest BCUT2D eigenvalue weighted by molar-refractivity contribution is 5.92. The number of rotatable bonds is 6. The molecule has 0 aromatic heterocycles. The van der Waals surface area contributed by atoms with Crippen molar-refractivity contribution < 1.29 is 14.3 Å². The van der Waals surface area contributed by atoms with Crippen molar-refractivity contribution >= 4 is 12.0 Å². The average molecular weight is 289 g/mol. The van der Waals surface area contributed by atoms with Gasteiger partial charge >= 0.3 is 6.09 Å². The van der Waals surface area contributed by atoms with E-state index in [0.717, 1.165) is 25.7 Å². The molecule has 1 saturated heterocycles. The topological polar surface area (TPSA) is 46.6 Å². The predicted molar refractivity (Wildman–Crippen MR) is 81.1 cm³/mol. The van der Waals surface area contributed by atoms with Crippen molar-refractivity contribution in [3.8, 4) is 0 Å². The normalized spacial score (nSPS) is 14.4. The van der Waals surface area contributed by atoms with Gasteiger partial charge in [-0.3, -0.25) is 4.79 Å². The third-order valence-corrected chi connectivity index (χ3v) is 3.99. The molecular weight excluding hydrogens is 266 g/mol. The maximum absolute atomic E-state index is 11.8. The van der Waals surface area contributed by atoms with Crippen molar-refractivity contribution in [3.63, 3.8) is 0 Å². The van der Waals surface area contributed by atoms with Crippen LogP contribution in [0.1, 0.15) is 42.4 Å². The molecule has 0 radical (unpaired) electrons. The van der Waals surface area contributed by atoms with Crippen LogP contribution >= 0.6 is 0 Å². The van der Waals surface area contributed by atoms with Crippen LogP contribution in [-0.2, 0) is 16.0 Å². The Morgan fingerprint density at radius 2 is 2.00 bits per heavy atom. The van der Waals surface area contributed by atoms with Gasteiger partial charge in [0.05, 0.1) is 6.54 Å². The van der Waals surface area contributed by atoms with Gasteiger partial charge in [-0.2, -0.15) is 0 Å². The van der Waals surface area contributed by atoms with Gasteiger partial charge in [0.1, 0.15) is 6.61 Å². The molecule has 2 rings (SSSR count). The number of aryl methyl sites for hydroxylation is 3. The zero-order valence-electron chi connectivity index (χ0n) is 12.9. The molecule has 21 heavy (non-hydrogen) atoms. The summed E-state index contributed by atoms with van der Waals surface area (Å²) in [7, 11) is 0. The van der Waals surface area contributed by atoms with E-state index in [2.05, 4.69) is 32.0 Å². The zero-order chi connectivity index (χ0) is 15.2. The fourth-order valence-corrected chi connectivity index (χ4v) is 2.50. The third-order valence-electron chi connectivity index (χ3n) is 3.99. The van der Waals surface area contributed by atoms with Gasteiger partial charge in [0.2, 0.25) is 5.91 Å². The molecule has 1 aliphatic rings. The number of ether oxygens (including phenoxy) is 1. The summed E-state index contributed by atoms with van der Waals surface area (Å²) in [5, 5.41) is 0. The summed E-state index contributed by atoms with van der Waals surface area (Å²) in [5.74, 6) is -0.108. The van der Waals surface area contributed by atoms with E-state index in [9.17, 15) is 9.59 Å². The molecule has 0 aliphatic carbocycles. The lowest BCUT2D eigenvalue weighted by molar-refractivity contribution is -0.127. The summed E-state index contributed by atoms with van der Waals surface area (Å²) in [4.78, 5) is 24.2. The van der Waals surface area contributed by atoms with Crippen LogP contribution in [0.4, 0.5) is 4.79 Å². The Hall–Kier alpha value is -1.84. The molecule has 0 spiro atoms. The molecule has 0 unspecified atom stereocenters. The van der Waals surface area contributed by atoms with Gasteiger partial charge in [-0.1, -0.05) is 24.6 Å². The van der Waals surface area contributed by atoms with E-state index in [-0.39, 0.29) is 5.91 Å². The minimum Gasteiger partial charge on any atom is -0.447 e. The molecule has 1 aliphatic heterocycles. The summed E-state index contributed by atoms with van der Waals surface area (Å²) in [6.45, 7) is 4.98. The number of cyclic esters (lactones) is 1. The highest BCUT2D eigenvalue weighted by Gasteiger charge is 2.27. The molecule has 0 atom stereocenters. The first-order chi connectivity index (χ1) is 10.1. The van der Waals surface area contributed by atoms with Crippen LogP contribution in [0.25, 0.3) is 0 Å². The maximum Gasteiger partial charge on any atom is 0.416 e. The van der Waals surface area contributed by atoms with Gasteiger partial charge < -0.3 is 4.74 Å². The van der Waals surface area contributed by atoms with Crippen LogP contribution in [0.3, 0.4) is 0 Å². The fourth-order valence-electron chi connectivity index (χ4n) is 2.50. The molecule has 4 heteroatoms. The van der Waals surface area contributed by atoms with Gasteiger partial charge in [0, 0.05) is 6.42 Å². The van der Waals surface area contributed by atoms with Crippen LogP contribution < -0.4 is 0 Å². The van der Waals surface area contributed by atoms with E-state index >= 15 is 0 Å². The van der Waals surface area contributed by atoms with Crippen LogP contribution in [0.5, 0.6) is 0 Å². The predicted octanol–water partition coefficient (Wildman–Crippen LogP) is 3.39. The number of carbonyl (C=O) groups is 2. The van der Waals surface area contributed by atoms with Crippen molar-refractivity contribution in [2.75, 3.05) is 13.2 Å². The molecule has 1 aromatic rings. The molecule has 1 aromatic carbocycles. The quantitative estimate of drug-likeness (QED) is 0.754. The summed E-state index contributed by atoms with van der Waals surface area (Å²) in [5.41, 5.74) is 4.00. The molecule has 1 heterocycles. The maximum atomic E-state index is 11.8. The Morgan fingerprint density at radius 1 is 1.19 bits per heavy atom. The van der Waals surface area contributed by atoms with E-state index < -0.39 is 6.09 Å². The molecule has 0 N–H and O–H groups in total. The van der Waals surface area contributed by atoms with Gasteiger partial charge in [-0.15, -0.1) is 0 Å². The molecule has 2 amide bonds. The first kappa shape index (κ1) is 15.5. The second-order valence-corrected chi connectivity index (χ2v) is 5.64. The number of hydrogen-bond donors (Lipinski definition) is 0. The molecule has 114 valence electrons. The van der Waals surface area contributed by atoms with Crippen LogP contribution in [0, 0.1) is 13.8 Å². The second-order valence-electron chi connectivity index (χ2n) is 5.64. The number of nitrogens with zero attached hydrogens (tertiary/aromatic N) is 1. The van der Waals surface area contributed by atoms with Gasteiger partial charge in [-0.05, 0) is 49.8 Å². The van der Waals surface area contributed by atoms with Gasteiger partial charge in [-0.25, -0.2) is 9.69 Å². The largest absolute Gasteiger partial charge is 0.447 e. The Labute approximate surface area is 126 Å². The summed E-state index contributed by atoms with van der Waals surface area (Å²) < 4.78 is 4.76. The van der Waals surface area contributed by atoms with Crippen molar-refractivity contribution in [1.82, 2.24) is 4.90 Å². The lowest BCUT2D eigenvalue weighted by Gasteiger charge is -2.10. The first-order valence-corrected chi connectivity index (χ1v) is 7.61. The third kappa shape index (κ3) is 4.31. The van der Waals surface area contributed by atoms with E-state index in [1.54, 1.807) is 0 Å². The van der Waals surface area contributed by atoms with Crippen molar-refractivity contribution in [2.24, 2.45) is 0 Å². The molecule has 4 nitrogen and oxygen atoms in total. The van der Waals surface area contributed by atoms with E-state index in [0.29, 0.717) is 19.6 Å². The number of hydrogen-bond acceptors (Lipinski definition) is 3. The molecule has 1 fully saturated rings. The standard InChI is InChI=1S/C17H23NO3/c1-13-8-9-15(12-14(13)2)6-4-3-5-7-16(19)18-10-11-21-17(18)20/h8-9,12H,3-7,10-11H2,1-2H3. The van der Waals surface area contributed by atoms with E-state index in [1.807, 2.05) is 0 Å². The SMILES string of the molecule is Cc1ccc(CCCCCC(=O)N2CCOC2=O)cc1C. The Balaban J connectivity index is 1.64. The second kappa shape index (κ2) is 7.25. The Morgan fingerprint density at radius 3 is 2.67 bits per heavy atom. The highest BCUT2D eigenvalue weighted by Crippen LogP contribution is 2.14. The van der Waals surface area contributed by atoms with Crippen LogP contribution in [-0.4, -0.2) is 30.1 Å². The number of carbonyl (C=O) groups excluding carboxylic acids is 2. The number of amides is 2. The highest BCUT2D eigenvalue weighted by atomic mass is 16.6. The smallest absolute Gasteiger partial charge is 0.416 e. The lowest BCUT2D eigenvalue weighted by Crippen LogP contribution is -2.31. The molecule has 0 bridgehead atoms. The summed E-state index contributed by atoms with van der Waals surface area (Å²) in [6, 6.07) is 6.57. The van der Waals surface area contributed by atoms with Crippen molar-refractivity contribution in [3.05, 3.63) is 34.9 Å². The summed E-state index contributed by atoms with van der Waals surface area (Å²) >= 11 is 0. The Kier molecular flexibility index (Phi) is 5.37. The minimum absolute atomic E-state index is 0.108. The summed E-state index contributed by atoms with van der Waals surface area (Å²) in [6.07, 6.45) is 3.88. The van der Waals surface area contributed by atoms with Crippen molar-refractivity contribution in [2.45, 2.75) is 46.0 Å². The zero-order valence-corrected chi connectivity index (χ0v) is 12.9. The fraction of sp³-hybridized carbons (Fsp3) is 0.529. The van der Waals surface area contributed by atoms with Crippen LogP contribution in [0.15, 0.2) is 18.2 Å². The molecule has 0 saturated carbocycles. The average Bonchev–Trinajstić information content (AvgIpc) is 2.88. The number of benzene rings is 1. The van der Waals surface area contributed by atoms with Gasteiger partial charge in [0.25, 0.3) is 0 Å². The lowest BCUT2D eigenvalue weighted by atomic mass is 10.0. The van der Waals surface area contributed by atoms with Crippen LogP contribution in [0.2, 0.25) is 0 Å². The minimum atomic E-state index is -0.491. The molecular formula is C17H23NO3. The Bertz CT molecular complexity index is 525. The van der Waals surface area contributed by atoms with E-state index in [1.165, 1.54) is 21.6 Å². The van der Waals surface area contributed by atoms with Crippen molar-refractivity contribution in [1.29, 1.82) is 0 Å².